The van der Waals surface area contributed by atoms with E-state index in [9.17, 15) is 0 Å². The fourth-order valence-corrected chi connectivity index (χ4v) is 4.89. The number of likely N-dealkylation sites (N-methyl/N-ethyl adjacent to an activating group) is 1. The van der Waals surface area contributed by atoms with E-state index >= 15 is 0 Å². The highest BCUT2D eigenvalue weighted by molar-refractivity contribution is 5.38. The second-order valence-corrected chi connectivity index (χ2v) is 6.79. The van der Waals surface area contributed by atoms with Gasteiger partial charge in [0.2, 0.25) is 0 Å². The van der Waals surface area contributed by atoms with Gasteiger partial charge in [0.1, 0.15) is 12.1 Å². The fourth-order valence-electron chi connectivity index (χ4n) is 4.89. The van der Waals surface area contributed by atoms with Gasteiger partial charge in [-0.3, -0.25) is 0 Å². The predicted octanol–water partition coefficient (Wildman–Crippen LogP) is 4.44. The highest BCUT2D eigenvalue weighted by Gasteiger charge is 2.56. The van der Waals surface area contributed by atoms with Gasteiger partial charge >= 0.3 is 0 Å². The Morgan fingerprint density at radius 1 is 1.20 bits per heavy atom. The minimum atomic E-state index is 0.620. The predicted molar refractivity (Wildman–Crippen MR) is 85.6 cm³/mol. The molecular formula is C19H26N+. The number of fused-ring (bicyclic) bond motifs is 2. The summed E-state index contributed by atoms with van der Waals surface area (Å²) in [4.78, 5) is 0. The molecule has 106 valence electrons. The number of rotatable bonds is 4. The molecular weight excluding hydrogens is 242 g/mol. The molecule has 20 heavy (non-hydrogen) atoms. The summed E-state index contributed by atoms with van der Waals surface area (Å²) >= 11 is 0. The van der Waals surface area contributed by atoms with Crippen molar-refractivity contribution in [3.05, 3.63) is 60.7 Å². The summed E-state index contributed by atoms with van der Waals surface area (Å²) in [6, 6.07) is 10.4. The first kappa shape index (κ1) is 13.6. The zero-order valence-electron chi connectivity index (χ0n) is 12.8. The van der Waals surface area contributed by atoms with Gasteiger partial charge in [0.05, 0.1) is 13.6 Å². The second-order valence-electron chi connectivity index (χ2n) is 6.79. The number of piperidine rings is 1. The molecule has 1 fully saturated rings. The SMILES string of the molecule is C=CC[C@H]1[C@H]2c3ccccc3[C@H](CC2C)[N+]1(C)CC=C. The Labute approximate surface area is 123 Å². The zero-order valence-corrected chi connectivity index (χ0v) is 12.8. The van der Waals surface area contributed by atoms with Crippen molar-refractivity contribution >= 4 is 0 Å². The lowest BCUT2D eigenvalue weighted by atomic mass is 9.63. The van der Waals surface area contributed by atoms with Gasteiger partial charge in [-0.25, -0.2) is 0 Å². The molecule has 2 bridgehead atoms. The lowest BCUT2D eigenvalue weighted by Crippen LogP contribution is -2.63. The number of quaternary nitrogens is 1. The van der Waals surface area contributed by atoms with Crippen molar-refractivity contribution in [2.75, 3.05) is 13.6 Å². The van der Waals surface area contributed by atoms with Crippen LogP contribution in [0.25, 0.3) is 0 Å². The van der Waals surface area contributed by atoms with Crippen LogP contribution in [0.3, 0.4) is 0 Å². The summed E-state index contributed by atoms with van der Waals surface area (Å²) in [5.41, 5.74) is 3.18. The van der Waals surface area contributed by atoms with E-state index in [-0.39, 0.29) is 0 Å². The minimum Gasteiger partial charge on any atom is -0.313 e. The Balaban J connectivity index is 2.16. The summed E-state index contributed by atoms with van der Waals surface area (Å²) < 4.78 is 1.11. The lowest BCUT2D eigenvalue weighted by Gasteiger charge is -2.59. The fraction of sp³-hybridized carbons (Fsp3) is 0.474. The van der Waals surface area contributed by atoms with E-state index in [0.29, 0.717) is 18.0 Å². The van der Waals surface area contributed by atoms with Crippen LogP contribution < -0.4 is 0 Å². The van der Waals surface area contributed by atoms with E-state index in [1.165, 1.54) is 6.42 Å². The molecule has 5 atom stereocenters. The van der Waals surface area contributed by atoms with Gasteiger partial charge in [-0.15, -0.1) is 6.58 Å². The summed E-state index contributed by atoms with van der Waals surface area (Å²) in [7, 11) is 2.43. The molecule has 0 spiro atoms. The maximum atomic E-state index is 4.01. The topological polar surface area (TPSA) is 0 Å². The van der Waals surface area contributed by atoms with Crippen LogP contribution in [-0.2, 0) is 0 Å². The molecule has 2 heterocycles. The molecule has 0 amide bonds. The molecule has 1 aromatic carbocycles. The van der Waals surface area contributed by atoms with Crippen LogP contribution in [0.1, 0.15) is 42.9 Å². The molecule has 1 saturated heterocycles. The van der Waals surface area contributed by atoms with Gasteiger partial charge < -0.3 is 4.48 Å². The van der Waals surface area contributed by atoms with Crippen molar-refractivity contribution in [2.45, 2.75) is 37.8 Å². The van der Waals surface area contributed by atoms with Crippen LogP contribution in [0, 0.1) is 5.92 Å². The number of hydrogen-bond acceptors (Lipinski definition) is 0. The number of nitrogens with zero attached hydrogens (tertiary/aromatic N) is 1. The van der Waals surface area contributed by atoms with Crippen LogP contribution >= 0.6 is 0 Å². The maximum Gasteiger partial charge on any atom is 0.115 e. The molecule has 1 aromatic rings. The minimum absolute atomic E-state index is 0.620. The Morgan fingerprint density at radius 2 is 1.90 bits per heavy atom. The monoisotopic (exact) mass is 268 g/mol. The number of hydrogen-bond donors (Lipinski definition) is 0. The molecule has 0 saturated carbocycles. The summed E-state index contributed by atoms with van der Waals surface area (Å²) in [5, 5.41) is 0. The van der Waals surface area contributed by atoms with E-state index in [0.717, 1.165) is 23.4 Å². The van der Waals surface area contributed by atoms with Gasteiger partial charge in [0.15, 0.2) is 0 Å². The smallest absolute Gasteiger partial charge is 0.115 e. The van der Waals surface area contributed by atoms with Crippen LogP contribution in [0.15, 0.2) is 49.6 Å². The average Bonchev–Trinajstić information content (AvgIpc) is 2.44. The molecule has 2 unspecified atom stereocenters. The van der Waals surface area contributed by atoms with Crippen molar-refractivity contribution in [3.8, 4) is 0 Å². The van der Waals surface area contributed by atoms with E-state index < -0.39 is 0 Å². The van der Waals surface area contributed by atoms with E-state index in [4.69, 9.17) is 0 Å². The Morgan fingerprint density at radius 3 is 2.55 bits per heavy atom. The third-order valence-electron chi connectivity index (χ3n) is 5.74. The standard InChI is InChI=1S/C19H26N/c1-5-9-17-19-14(3)13-18(20(17,4)12-6-2)15-10-7-8-11-16(15)19/h5-8,10-11,14,17-19H,1-2,9,12-13H2,3-4H3/q+1/t14?,17-,18-,19+,20?/m0/s1. The summed E-state index contributed by atoms with van der Waals surface area (Å²) in [5.74, 6) is 1.44. The maximum absolute atomic E-state index is 4.01. The molecule has 0 radical (unpaired) electrons. The highest BCUT2D eigenvalue weighted by Crippen LogP contribution is 2.56. The molecule has 3 aliphatic rings. The normalized spacial score (nSPS) is 38.3. The Hall–Kier alpha value is -1.34. The molecule has 4 rings (SSSR count). The highest BCUT2D eigenvalue weighted by atomic mass is 15.4. The first-order valence-corrected chi connectivity index (χ1v) is 7.79. The van der Waals surface area contributed by atoms with Gasteiger partial charge in [0, 0.05) is 24.3 Å². The second kappa shape index (κ2) is 4.89. The van der Waals surface area contributed by atoms with Crippen LogP contribution in [-0.4, -0.2) is 24.1 Å². The molecule has 2 aliphatic heterocycles. The summed E-state index contributed by atoms with van der Waals surface area (Å²) in [6.07, 6.45) is 6.62. The average molecular weight is 268 g/mol. The zero-order chi connectivity index (χ0) is 14.3. The third-order valence-corrected chi connectivity index (χ3v) is 5.74. The van der Waals surface area contributed by atoms with Crippen molar-refractivity contribution in [1.82, 2.24) is 0 Å². The van der Waals surface area contributed by atoms with Crippen LogP contribution in [0.5, 0.6) is 0 Å². The molecule has 0 N–H and O–H groups in total. The third kappa shape index (κ3) is 1.73. The first-order chi connectivity index (χ1) is 9.63. The van der Waals surface area contributed by atoms with Crippen molar-refractivity contribution in [1.29, 1.82) is 0 Å². The van der Waals surface area contributed by atoms with Crippen molar-refractivity contribution < 1.29 is 4.48 Å². The molecule has 1 aliphatic carbocycles. The number of benzene rings is 1. The molecule has 1 nitrogen and oxygen atoms in total. The van der Waals surface area contributed by atoms with Gasteiger partial charge in [-0.2, -0.15) is 0 Å². The Bertz CT molecular complexity index is 511. The quantitative estimate of drug-likeness (QED) is 0.559. The summed E-state index contributed by atoms with van der Waals surface area (Å²) in [6.45, 7) is 11.5. The van der Waals surface area contributed by atoms with Crippen LogP contribution in [0.4, 0.5) is 0 Å². The largest absolute Gasteiger partial charge is 0.313 e. The van der Waals surface area contributed by atoms with Gasteiger partial charge in [-0.1, -0.05) is 43.8 Å². The van der Waals surface area contributed by atoms with Crippen molar-refractivity contribution in [2.24, 2.45) is 5.92 Å². The lowest BCUT2D eigenvalue weighted by molar-refractivity contribution is -0.967. The van der Waals surface area contributed by atoms with E-state index in [2.05, 4.69) is 63.5 Å². The van der Waals surface area contributed by atoms with Crippen molar-refractivity contribution in [3.63, 3.8) is 0 Å². The van der Waals surface area contributed by atoms with E-state index in [1.807, 2.05) is 0 Å². The molecule has 0 aromatic heterocycles. The van der Waals surface area contributed by atoms with E-state index in [1.54, 1.807) is 11.1 Å². The van der Waals surface area contributed by atoms with Gasteiger partial charge in [-0.05, 0) is 17.6 Å². The Kier molecular flexibility index (Phi) is 3.33. The van der Waals surface area contributed by atoms with Crippen LogP contribution in [0.2, 0.25) is 0 Å². The van der Waals surface area contributed by atoms with Gasteiger partial charge in [0.25, 0.3) is 0 Å². The molecule has 1 heteroatoms. The first-order valence-electron chi connectivity index (χ1n) is 7.79.